The van der Waals surface area contributed by atoms with Gasteiger partial charge in [-0.2, -0.15) is 0 Å². The minimum atomic E-state index is -0.126. The van der Waals surface area contributed by atoms with Crippen LogP contribution >= 0.6 is 15.9 Å². The van der Waals surface area contributed by atoms with Crippen molar-refractivity contribution < 1.29 is 4.74 Å². The molecule has 0 heterocycles. The number of hydrogen-bond acceptors (Lipinski definition) is 2. The Hall–Kier alpha value is -1.32. The lowest BCUT2D eigenvalue weighted by Crippen LogP contribution is -2.12. The summed E-state index contributed by atoms with van der Waals surface area (Å²) in [5.41, 5.74) is 9.80. The second kappa shape index (κ2) is 5.58. The molecule has 0 amide bonds. The van der Waals surface area contributed by atoms with E-state index < -0.39 is 0 Å². The lowest BCUT2D eigenvalue weighted by molar-refractivity contribution is 0.303. The number of hydrogen-bond donors (Lipinski definition) is 1. The number of ether oxygens (including phenoxy) is 1. The molecule has 0 aromatic heterocycles. The third-order valence-electron chi connectivity index (χ3n) is 3.55. The number of halogens is 1. The molecule has 20 heavy (non-hydrogen) atoms. The third-order valence-corrected chi connectivity index (χ3v) is 4.28. The van der Waals surface area contributed by atoms with E-state index in [0.717, 1.165) is 21.3 Å². The number of aryl methyl sites for hydroxylation is 1. The van der Waals surface area contributed by atoms with Crippen LogP contribution in [0.4, 0.5) is 0 Å². The molecule has 0 bridgehead atoms. The maximum absolute atomic E-state index is 6.38. The summed E-state index contributed by atoms with van der Waals surface area (Å²) in [6, 6.07) is 14.3. The van der Waals surface area contributed by atoms with Gasteiger partial charge in [-0.05, 0) is 49.1 Å². The van der Waals surface area contributed by atoms with E-state index in [1.807, 2.05) is 12.1 Å². The molecular weight excluding hydrogens is 314 g/mol. The Balaban J connectivity index is 1.81. The minimum Gasteiger partial charge on any atom is -0.490 e. The molecule has 0 saturated heterocycles. The second-order valence-corrected chi connectivity index (χ2v) is 6.24. The van der Waals surface area contributed by atoms with Crippen LogP contribution in [-0.2, 0) is 0 Å². The van der Waals surface area contributed by atoms with Crippen LogP contribution in [0.1, 0.15) is 35.6 Å². The smallest absolute Gasteiger partial charge is 0.119 e. The zero-order valence-corrected chi connectivity index (χ0v) is 13.1. The van der Waals surface area contributed by atoms with Crippen molar-refractivity contribution in [1.29, 1.82) is 0 Å². The molecule has 1 atom stereocenters. The number of rotatable bonds is 4. The van der Waals surface area contributed by atoms with E-state index in [9.17, 15) is 0 Å². The van der Waals surface area contributed by atoms with Gasteiger partial charge in [0.1, 0.15) is 5.75 Å². The molecule has 104 valence electrons. The molecule has 2 nitrogen and oxygen atoms in total. The van der Waals surface area contributed by atoms with Crippen LogP contribution in [0.25, 0.3) is 0 Å². The highest BCUT2D eigenvalue weighted by Gasteiger charge is 2.23. The van der Waals surface area contributed by atoms with Crippen LogP contribution in [0.3, 0.4) is 0 Å². The summed E-state index contributed by atoms with van der Waals surface area (Å²) in [4.78, 5) is 0. The fourth-order valence-electron chi connectivity index (χ4n) is 2.21. The fraction of sp³-hybridized carbons (Fsp3) is 0.294. The van der Waals surface area contributed by atoms with Crippen molar-refractivity contribution in [3.8, 4) is 5.75 Å². The van der Waals surface area contributed by atoms with Gasteiger partial charge in [0.05, 0.1) is 12.1 Å². The molecule has 1 fully saturated rings. The lowest BCUT2D eigenvalue weighted by Gasteiger charge is -2.16. The van der Waals surface area contributed by atoms with Gasteiger partial charge in [-0.15, -0.1) is 0 Å². The summed E-state index contributed by atoms with van der Waals surface area (Å²) in [7, 11) is 0. The Labute approximate surface area is 128 Å². The first kappa shape index (κ1) is 13.7. The van der Waals surface area contributed by atoms with Gasteiger partial charge in [0.2, 0.25) is 0 Å². The number of nitrogens with two attached hydrogens (primary N) is 1. The van der Waals surface area contributed by atoms with E-state index in [0.29, 0.717) is 6.10 Å². The summed E-state index contributed by atoms with van der Waals surface area (Å²) in [6.07, 6.45) is 2.79. The molecule has 2 aromatic carbocycles. The largest absolute Gasteiger partial charge is 0.490 e. The highest BCUT2D eigenvalue weighted by atomic mass is 79.9. The summed E-state index contributed by atoms with van der Waals surface area (Å²) < 4.78 is 6.81. The van der Waals surface area contributed by atoms with E-state index in [4.69, 9.17) is 10.5 Å². The monoisotopic (exact) mass is 331 g/mol. The minimum absolute atomic E-state index is 0.126. The van der Waals surface area contributed by atoms with E-state index in [-0.39, 0.29) is 6.04 Å². The van der Waals surface area contributed by atoms with Crippen molar-refractivity contribution in [2.75, 3.05) is 0 Å². The van der Waals surface area contributed by atoms with Crippen molar-refractivity contribution in [1.82, 2.24) is 0 Å². The molecule has 3 rings (SSSR count). The Morgan fingerprint density at radius 1 is 1.15 bits per heavy atom. The van der Waals surface area contributed by atoms with Crippen LogP contribution in [0, 0.1) is 6.92 Å². The lowest BCUT2D eigenvalue weighted by atomic mass is 9.98. The average molecular weight is 332 g/mol. The van der Waals surface area contributed by atoms with Gasteiger partial charge in [-0.1, -0.05) is 45.8 Å². The van der Waals surface area contributed by atoms with Crippen molar-refractivity contribution >= 4 is 15.9 Å². The Morgan fingerprint density at radius 2 is 1.85 bits per heavy atom. The molecule has 0 aliphatic heterocycles. The summed E-state index contributed by atoms with van der Waals surface area (Å²) >= 11 is 3.58. The van der Waals surface area contributed by atoms with Gasteiger partial charge < -0.3 is 10.5 Å². The average Bonchev–Trinajstić information content (AvgIpc) is 3.26. The van der Waals surface area contributed by atoms with E-state index in [1.165, 1.54) is 18.4 Å². The van der Waals surface area contributed by atoms with Crippen molar-refractivity contribution in [3.63, 3.8) is 0 Å². The standard InChI is InChI=1S/C17H18BrNO/c1-11-2-9-16(18)15(10-11)17(19)12-3-5-13(6-4-12)20-14-7-8-14/h2-6,9-10,14,17H,7-8,19H2,1H3. The third kappa shape index (κ3) is 3.05. The number of benzene rings is 2. The first-order valence-corrected chi connectivity index (χ1v) is 7.71. The van der Waals surface area contributed by atoms with Crippen molar-refractivity contribution in [2.45, 2.75) is 31.9 Å². The maximum atomic E-state index is 6.38. The molecule has 1 saturated carbocycles. The van der Waals surface area contributed by atoms with Gasteiger partial charge in [0.25, 0.3) is 0 Å². The molecule has 3 heteroatoms. The normalized spacial score (nSPS) is 15.9. The Bertz CT molecular complexity index is 605. The second-order valence-electron chi connectivity index (χ2n) is 5.39. The predicted octanol–water partition coefficient (Wildman–Crippen LogP) is 4.35. The van der Waals surface area contributed by atoms with Gasteiger partial charge in [0.15, 0.2) is 0 Å². The van der Waals surface area contributed by atoms with Gasteiger partial charge in [0, 0.05) is 4.47 Å². The molecule has 1 unspecified atom stereocenters. The van der Waals surface area contributed by atoms with Crippen LogP contribution in [-0.4, -0.2) is 6.10 Å². The topological polar surface area (TPSA) is 35.2 Å². The van der Waals surface area contributed by atoms with Crippen LogP contribution < -0.4 is 10.5 Å². The Kier molecular flexibility index (Phi) is 3.81. The molecule has 2 aromatic rings. The van der Waals surface area contributed by atoms with E-state index in [2.05, 4.69) is 53.2 Å². The first-order valence-electron chi connectivity index (χ1n) is 6.92. The van der Waals surface area contributed by atoms with Gasteiger partial charge in [-0.3, -0.25) is 0 Å². The van der Waals surface area contributed by atoms with Crippen LogP contribution in [0.2, 0.25) is 0 Å². The molecule has 0 spiro atoms. The molecular formula is C17H18BrNO. The molecule has 1 aliphatic carbocycles. The maximum Gasteiger partial charge on any atom is 0.119 e. The van der Waals surface area contributed by atoms with Crippen molar-refractivity contribution in [2.24, 2.45) is 5.73 Å². The fourth-order valence-corrected chi connectivity index (χ4v) is 2.71. The molecule has 2 N–H and O–H groups in total. The highest BCUT2D eigenvalue weighted by molar-refractivity contribution is 9.10. The summed E-state index contributed by atoms with van der Waals surface area (Å²) in [5.74, 6) is 0.937. The van der Waals surface area contributed by atoms with Gasteiger partial charge in [-0.25, -0.2) is 0 Å². The van der Waals surface area contributed by atoms with E-state index >= 15 is 0 Å². The van der Waals surface area contributed by atoms with Crippen LogP contribution in [0.15, 0.2) is 46.9 Å². The SMILES string of the molecule is Cc1ccc(Br)c(C(N)c2ccc(OC3CC3)cc2)c1. The predicted molar refractivity (Wildman–Crippen MR) is 85.0 cm³/mol. The summed E-state index contributed by atoms with van der Waals surface area (Å²) in [6.45, 7) is 2.08. The first-order chi connectivity index (χ1) is 9.63. The zero-order chi connectivity index (χ0) is 14.1. The van der Waals surface area contributed by atoms with Crippen LogP contribution in [0.5, 0.6) is 5.75 Å². The molecule has 1 aliphatic rings. The van der Waals surface area contributed by atoms with E-state index in [1.54, 1.807) is 0 Å². The highest BCUT2D eigenvalue weighted by Crippen LogP contribution is 2.30. The Morgan fingerprint density at radius 3 is 2.50 bits per heavy atom. The molecule has 0 radical (unpaired) electrons. The zero-order valence-electron chi connectivity index (χ0n) is 11.5. The van der Waals surface area contributed by atoms with Crippen molar-refractivity contribution in [3.05, 3.63) is 63.6 Å². The quantitative estimate of drug-likeness (QED) is 0.904. The van der Waals surface area contributed by atoms with Gasteiger partial charge >= 0.3 is 0 Å². The summed E-state index contributed by atoms with van der Waals surface area (Å²) in [5, 5.41) is 0.